The summed E-state index contributed by atoms with van der Waals surface area (Å²) in [4.78, 5) is 17.1. The number of hydrogen-bond donors (Lipinski definition) is 1. The van der Waals surface area contributed by atoms with E-state index in [1.165, 1.54) is 0 Å². The molecule has 2 aliphatic rings. The Morgan fingerprint density at radius 2 is 2.00 bits per heavy atom. The number of amides is 2. The van der Waals surface area contributed by atoms with Crippen LogP contribution in [0.15, 0.2) is 0 Å². The maximum atomic E-state index is 12.6. The SMILES string of the molecule is CC(C)(C)NC(=O)N1CCCSCC1CN1CCOCC1. The van der Waals surface area contributed by atoms with Crippen LogP contribution in [0.4, 0.5) is 4.79 Å². The van der Waals surface area contributed by atoms with Gasteiger partial charge in [0.15, 0.2) is 0 Å². The molecule has 0 radical (unpaired) electrons. The molecule has 0 bridgehead atoms. The molecule has 2 amide bonds. The minimum atomic E-state index is -0.181. The van der Waals surface area contributed by atoms with Crippen LogP contribution >= 0.6 is 11.8 Å². The molecule has 5 nitrogen and oxygen atoms in total. The van der Waals surface area contributed by atoms with Crippen molar-refractivity contribution in [2.24, 2.45) is 0 Å². The lowest BCUT2D eigenvalue weighted by Crippen LogP contribution is -2.56. The van der Waals surface area contributed by atoms with Crippen LogP contribution in [0.1, 0.15) is 27.2 Å². The number of hydrogen-bond acceptors (Lipinski definition) is 4. The monoisotopic (exact) mass is 315 g/mol. The predicted molar refractivity (Wildman–Crippen MR) is 88.0 cm³/mol. The third kappa shape index (κ3) is 5.68. The molecule has 0 aliphatic carbocycles. The van der Waals surface area contributed by atoms with Crippen LogP contribution in [0, 0.1) is 0 Å². The first-order valence-corrected chi connectivity index (χ1v) is 9.08. The van der Waals surface area contributed by atoms with E-state index < -0.39 is 0 Å². The van der Waals surface area contributed by atoms with Gasteiger partial charge in [-0.1, -0.05) is 0 Å². The molecule has 0 aromatic rings. The second-order valence-electron chi connectivity index (χ2n) is 6.87. The number of urea groups is 1. The highest BCUT2D eigenvalue weighted by Crippen LogP contribution is 2.18. The molecule has 0 aromatic carbocycles. The number of carbonyl (C=O) groups excluding carboxylic acids is 1. The van der Waals surface area contributed by atoms with Crippen molar-refractivity contribution in [3.05, 3.63) is 0 Å². The van der Waals surface area contributed by atoms with E-state index in [1.54, 1.807) is 0 Å². The minimum Gasteiger partial charge on any atom is -0.379 e. The molecule has 122 valence electrons. The Balaban J connectivity index is 1.97. The largest absolute Gasteiger partial charge is 0.379 e. The van der Waals surface area contributed by atoms with Gasteiger partial charge in [0.1, 0.15) is 0 Å². The molecule has 0 aromatic heterocycles. The Labute approximate surface area is 132 Å². The molecular formula is C15H29N3O2S. The fraction of sp³-hybridized carbons (Fsp3) is 0.933. The summed E-state index contributed by atoms with van der Waals surface area (Å²) < 4.78 is 5.41. The average molecular weight is 315 g/mol. The van der Waals surface area contributed by atoms with Gasteiger partial charge in [-0.25, -0.2) is 4.79 Å². The fourth-order valence-corrected chi connectivity index (χ4v) is 3.78. The van der Waals surface area contributed by atoms with Gasteiger partial charge < -0.3 is 15.0 Å². The van der Waals surface area contributed by atoms with Gasteiger partial charge in [-0.3, -0.25) is 4.90 Å². The maximum absolute atomic E-state index is 12.6. The van der Waals surface area contributed by atoms with Crippen LogP contribution in [-0.2, 0) is 4.74 Å². The number of rotatable bonds is 2. The van der Waals surface area contributed by atoms with Crippen molar-refractivity contribution in [1.29, 1.82) is 0 Å². The van der Waals surface area contributed by atoms with Crippen molar-refractivity contribution in [3.63, 3.8) is 0 Å². The Morgan fingerprint density at radius 3 is 2.67 bits per heavy atom. The zero-order valence-corrected chi connectivity index (χ0v) is 14.4. The van der Waals surface area contributed by atoms with Gasteiger partial charge in [0, 0.05) is 37.5 Å². The summed E-state index contributed by atoms with van der Waals surface area (Å²) in [7, 11) is 0. The van der Waals surface area contributed by atoms with E-state index in [-0.39, 0.29) is 11.6 Å². The fourth-order valence-electron chi connectivity index (χ4n) is 2.72. The van der Waals surface area contributed by atoms with Crippen LogP contribution in [-0.4, -0.2) is 78.3 Å². The van der Waals surface area contributed by atoms with Gasteiger partial charge in [0.05, 0.1) is 19.3 Å². The summed E-state index contributed by atoms with van der Waals surface area (Å²) in [5, 5.41) is 3.12. The van der Waals surface area contributed by atoms with Gasteiger partial charge >= 0.3 is 6.03 Å². The highest BCUT2D eigenvalue weighted by Gasteiger charge is 2.29. The van der Waals surface area contributed by atoms with Crippen LogP contribution in [0.5, 0.6) is 0 Å². The third-order valence-corrected chi connectivity index (χ3v) is 4.95. The molecule has 6 heteroatoms. The van der Waals surface area contributed by atoms with Crippen LogP contribution < -0.4 is 5.32 Å². The molecule has 2 saturated heterocycles. The predicted octanol–water partition coefficient (Wildman–Crippen LogP) is 1.63. The minimum absolute atomic E-state index is 0.0864. The molecule has 1 atom stereocenters. The molecule has 0 saturated carbocycles. The third-order valence-electron chi connectivity index (χ3n) is 3.75. The van der Waals surface area contributed by atoms with E-state index >= 15 is 0 Å². The van der Waals surface area contributed by atoms with Crippen LogP contribution in [0.3, 0.4) is 0 Å². The topological polar surface area (TPSA) is 44.8 Å². The summed E-state index contributed by atoms with van der Waals surface area (Å²) in [6.07, 6.45) is 1.09. The van der Waals surface area contributed by atoms with Gasteiger partial charge in [-0.05, 0) is 32.9 Å². The number of ether oxygens (including phenoxy) is 1. The molecule has 2 fully saturated rings. The lowest BCUT2D eigenvalue weighted by atomic mass is 10.1. The highest BCUT2D eigenvalue weighted by molar-refractivity contribution is 7.99. The van der Waals surface area contributed by atoms with Crippen LogP contribution in [0.2, 0.25) is 0 Å². The summed E-state index contributed by atoms with van der Waals surface area (Å²) in [6, 6.07) is 0.390. The van der Waals surface area contributed by atoms with E-state index in [4.69, 9.17) is 4.74 Å². The van der Waals surface area contributed by atoms with E-state index in [9.17, 15) is 4.79 Å². The van der Waals surface area contributed by atoms with E-state index in [0.717, 1.165) is 57.3 Å². The first-order valence-electron chi connectivity index (χ1n) is 7.92. The first kappa shape index (κ1) is 16.9. The van der Waals surface area contributed by atoms with E-state index in [1.807, 2.05) is 32.5 Å². The van der Waals surface area contributed by atoms with Crippen LogP contribution in [0.25, 0.3) is 0 Å². The number of nitrogens with zero attached hydrogens (tertiary/aromatic N) is 2. The summed E-state index contributed by atoms with van der Waals surface area (Å²) in [6.45, 7) is 11.5. The van der Waals surface area contributed by atoms with Crippen molar-refractivity contribution in [2.45, 2.75) is 38.8 Å². The molecule has 1 N–H and O–H groups in total. The molecule has 2 heterocycles. The Hall–Kier alpha value is -0.460. The molecule has 0 spiro atoms. The second-order valence-corrected chi connectivity index (χ2v) is 8.02. The normalized spacial score (nSPS) is 25.5. The lowest BCUT2D eigenvalue weighted by molar-refractivity contribution is 0.0281. The molecular weight excluding hydrogens is 286 g/mol. The quantitative estimate of drug-likeness (QED) is 0.841. The summed E-state index contributed by atoms with van der Waals surface area (Å²) in [5.74, 6) is 2.19. The van der Waals surface area contributed by atoms with Crippen molar-refractivity contribution in [3.8, 4) is 0 Å². The standard InChI is InChI=1S/C15H29N3O2S/c1-15(2,3)16-14(19)18-5-4-10-21-12-13(18)11-17-6-8-20-9-7-17/h13H,4-12H2,1-3H3,(H,16,19). The maximum Gasteiger partial charge on any atom is 0.318 e. The van der Waals surface area contributed by atoms with Crippen molar-refractivity contribution in [2.75, 3.05) is 50.9 Å². The molecule has 2 rings (SSSR count). The number of thioether (sulfide) groups is 1. The number of carbonyl (C=O) groups is 1. The average Bonchev–Trinajstić information content (AvgIpc) is 2.63. The smallest absolute Gasteiger partial charge is 0.318 e. The van der Waals surface area contributed by atoms with Crippen molar-refractivity contribution < 1.29 is 9.53 Å². The van der Waals surface area contributed by atoms with E-state index in [2.05, 4.69) is 15.1 Å². The lowest BCUT2D eigenvalue weighted by Gasteiger charge is -2.37. The number of nitrogens with one attached hydrogen (secondary N) is 1. The summed E-state index contributed by atoms with van der Waals surface area (Å²) in [5.41, 5.74) is -0.181. The van der Waals surface area contributed by atoms with Gasteiger partial charge in [0.2, 0.25) is 0 Å². The molecule has 21 heavy (non-hydrogen) atoms. The summed E-state index contributed by atoms with van der Waals surface area (Å²) >= 11 is 1.97. The van der Waals surface area contributed by atoms with Gasteiger partial charge in [-0.2, -0.15) is 11.8 Å². The Bertz CT molecular complexity index is 340. The highest BCUT2D eigenvalue weighted by atomic mass is 32.2. The Morgan fingerprint density at radius 1 is 1.29 bits per heavy atom. The second kappa shape index (κ2) is 7.70. The van der Waals surface area contributed by atoms with Crippen molar-refractivity contribution in [1.82, 2.24) is 15.1 Å². The zero-order valence-electron chi connectivity index (χ0n) is 13.6. The molecule has 1 unspecified atom stereocenters. The first-order chi connectivity index (χ1) is 9.96. The van der Waals surface area contributed by atoms with Gasteiger partial charge in [0.25, 0.3) is 0 Å². The van der Waals surface area contributed by atoms with Crippen molar-refractivity contribution >= 4 is 17.8 Å². The molecule has 2 aliphatic heterocycles. The zero-order chi connectivity index (χ0) is 15.3. The number of morpholine rings is 1. The Kier molecular flexibility index (Phi) is 6.20. The van der Waals surface area contributed by atoms with E-state index in [0.29, 0.717) is 6.04 Å². The van der Waals surface area contributed by atoms with Gasteiger partial charge in [-0.15, -0.1) is 0 Å².